The lowest BCUT2D eigenvalue weighted by atomic mass is 10.1. The standard InChI is InChI=1S/C21H19N7O/c29-21(20-16-6-2-1-5-15(16)10-12-24-20)25-14-13-23-18-8-9-19(28-27-18)26-17-7-3-4-11-22-17/h1-12H,13-14H2,(H,23,27)(H,25,29)(H,22,26,28). The van der Waals surface area contributed by atoms with Crippen LogP contribution in [0.25, 0.3) is 10.8 Å². The maximum absolute atomic E-state index is 12.4. The van der Waals surface area contributed by atoms with Gasteiger partial charge < -0.3 is 16.0 Å². The number of nitrogens with zero attached hydrogens (tertiary/aromatic N) is 4. The molecule has 8 nitrogen and oxygen atoms in total. The third-order valence-corrected chi connectivity index (χ3v) is 4.19. The molecule has 8 heteroatoms. The van der Waals surface area contributed by atoms with Gasteiger partial charge in [0.05, 0.1) is 0 Å². The van der Waals surface area contributed by atoms with Crippen LogP contribution in [0.5, 0.6) is 0 Å². The van der Waals surface area contributed by atoms with E-state index in [4.69, 9.17) is 0 Å². The summed E-state index contributed by atoms with van der Waals surface area (Å²) in [6, 6.07) is 18.8. The van der Waals surface area contributed by atoms with Crippen molar-refractivity contribution in [2.24, 2.45) is 0 Å². The molecule has 29 heavy (non-hydrogen) atoms. The minimum atomic E-state index is -0.204. The molecule has 4 aromatic rings. The number of pyridine rings is 2. The van der Waals surface area contributed by atoms with Crippen LogP contribution in [0.1, 0.15) is 10.5 Å². The van der Waals surface area contributed by atoms with E-state index in [9.17, 15) is 4.79 Å². The summed E-state index contributed by atoms with van der Waals surface area (Å²) in [5, 5.41) is 19.1. The fourth-order valence-corrected chi connectivity index (χ4v) is 2.81. The van der Waals surface area contributed by atoms with Crippen molar-refractivity contribution < 1.29 is 4.79 Å². The van der Waals surface area contributed by atoms with Crippen LogP contribution in [0.3, 0.4) is 0 Å². The average molecular weight is 385 g/mol. The predicted octanol–water partition coefficient (Wildman–Crippen LogP) is 3.01. The smallest absolute Gasteiger partial charge is 0.270 e. The summed E-state index contributed by atoms with van der Waals surface area (Å²) in [6.45, 7) is 0.942. The van der Waals surface area contributed by atoms with Gasteiger partial charge in [-0.3, -0.25) is 9.78 Å². The molecule has 1 aromatic carbocycles. The van der Waals surface area contributed by atoms with Gasteiger partial charge in [0.25, 0.3) is 5.91 Å². The number of amides is 1. The van der Waals surface area contributed by atoms with E-state index in [2.05, 4.69) is 36.1 Å². The highest BCUT2D eigenvalue weighted by Crippen LogP contribution is 2.16. The lowest BCUT2D eigenvalue weighted by Gasteiger charge is -2.09. The second-order valence-corrected chi connectivity index (χ2v) is 6.21. The van der Waals surface area contributed by atoms with Crippen LogP contribution >= 0.6 is 0 Å². The molecular weight excluding hydrogens is 366 g/mol. The molecule has 0 atom stereocenters. The third-order valence-electron chi connectivity index (χ3n) is 4.19. The first-order chi connectivity index (χ1) is 14.3. The highest BCUT2D eigenvalue weighted by molar-refractivity contribution is 6.05. The first-order valence-corrected chi connectivity index (χ1v) is 9.17. The molecule has 0 radical (unpaired) electrons. The summed E-state index contributed by atoms with van der Waals surface area (Å²) in [4.78, 5) is 20.8. The summed E-state index contributed by atoms with van der Waals surface area (Å²) >= 11 is 0. The molecule has 0 saturated heterocycles. The number of benzene rings is 1. The molecule has 3 heterocycles. The molecule has 0 aliphatic rings. The van der Waals surface area contributed by atoms with Gasteiger partial charge in [0, 0.05) is 30.9 Å². The Morgan fingerprint density at radius 1 is 0.759 bits per heavy atom. The van der Waals surface area contributed by atoms with Crippen molar-refractivity contribution in [1.82, 2.24) is 25.5 Å². The van der Waals surface area contributed by atoms with Crippen molar-refractivity contribution in [2.45, 2.75) is 0 Å². The predicted molar refractivity (Wildman–Crippen MR) is 112 cm³/mol. The number of carbonyl (C=O) groups excluding carboxylic acids is 1. The summed E-state index contributed by atoms with van der Waals surface area (Å²) in [7, 11) is 0. The van der Waals surface area contributed by atoms with Gasteiger partial charge in [-0.15, -0.1) is 10.2 Å². The van der Waals surface area contributed by atoms with E-state index in [1.54, 1.807) is 12.4 Å². The number of hydrogen-bond donors (Lipinski definition) is 3. The Hall–Kier alpha value is -4.07. The monoisotopic (exact) mass is 385 g/mol. The number of hydrogen-bond acceptors (Lipinski definition) is 7. The summed E-state index contributed by atoms with van der Waals surface area (Å²) < 4.78 is 0. The van der Waals surface area contributed by atoms with E-state index >= 15 is 0 Å². The minimum absolute atomic E-state index is 0.204. The number of aromatic nitrogens is 4. The highest BCUT2D eigenvalue weighted by atomic mass is 16.1. The zero-order chi connectivity index (χ0) is 19.9. The molecule has 3 N–H and O–H groups in total. The van der Waals surface area contributed by atoms with Gasteiger partial charge in [0.1, 0.15) is 17.3 Å². The van der Waals surface area contributed by atoms with E-state index in [1.807, 2.05) is 60.7 Å². The number of fused-ring (bicyclic) bond motifs is 1. The zero-order valence-corrected chi connectivity index (χ0v) is 15.5. The summed E-state index contributed by atoms with van der Waals surface area (Å²) in [6.07, 6.45) is 3.35. The molecule has 0 fully saturated rings. The van der Waals surface area contributed by atoms with Crippen LogP contribution in [-0.4, -0.2) is 39.2 Å². The SMILES string of the molecule is O=C(NCCNc1ccc(Nc2ccccn2)nn1)c1nccc2ccccc12. The topological polar surface area (TPSA) is 105 Å². The maximum atomic E-state index is 12.4. The van der Waals surface area contributed by atoms with Gasteiger partial charge in [-0.25, -0.2) is 4.98 Å². The van der Waals surface area contributed by atoms with Crippen LogP contribution in [0, 0.1) is 0 Å². The normalized spacial score (nSPS) is 10.5. The lowest BCUT2D eigenvalue weighted by Crippen LogP contribution is -2.29. The Bertz CT molecular complexity index is 1100. The third kappa shape index (κ3) is 4.62. The van der Waals surface area contributed by atoms with Gasteiger partial charge in [-0.1, -0.05) is 30.3 Å². The van der Waals surface area contributed by atoms with Crippen molar-refractivity contribution in [3.63, 3.8) is 0 Å². The van der Waals surface area contributed by atoms with Crippen molar-refractivity contribution in [3.8, 4) is 0 Å². The fraction of sp³-hybridized carbons (Fsp3) is 0.0952. The summed E-state index contributed by atoms with van der Waals surface area (Å²) in [5.41, 5.74) is 0.424. The largest absolute Gasteiger partial charge is 0.367 e. The Morgan fingerprint density at radius 3 is 2.41 bits per heavy atom. The van der Waals surface area contributed by atoms with Crippen LogP contribution < -0.4 is 16.0 Å². The average Bonchev–Trinajstić information content (AvgIpc) is 2.78. The van der Waals surface area contributed by atoms with E-state index in [0.717, 1.165) is 10.8 Å². The molecule has 4 rings (SSSR count). The zero-order valence-electron chi connectivity index (χ0n) is 15.5. The van der Waals surface area contributed by atoms with Crippen LogP contribution in [0.15, 0.2) is 73.1 Å². The second-order valence-electron chi connectivity index (χ2n) is 6.21. The Labute approximate surface area is 167 Å². The van der Waals surface area contributed by atoms with Crippen LogP contribution in [0.2, 0.25) is 0 Å². The second kappa shape index (κ2) is 8.75. The van der Waals surface area contributed by atoms with Gasteiger partial charge >= 0.3 is 0 Å². The van der Waals surface area contributed by atoms with Gasteiger partial charge in [-0.2, -0.15) is 0 Å². The Kier molecular flexibility index (Phi) is 5.52. The molecule has 3 aromatic heterocycles. The van der Waals surface area contributed by atoms with Crippen molar-refractivity contribution in [3.05, 3.63) is 78.8 Å². The Morgan fingerprint density at radius 2 is 1.59 bits per heavy atom. The van der Waals surface area contributed by atoms with Crippen molar-refractivity contribution in [1.29, 1.82) is 0 Å². The number of nitrogens with one attached hydrogen (secondary N) is 3. The molecule has 0 unspecified atom stereocenters. The highest BCUT2D eigenvalue weighted by Gasteiger charge is 2.10. The first kappa shape index (κ1) is 18.3. The van der Waals surface area contributed by atoms with E-state index < -0.39 is 0 Å². The van der Waals surface area contributed by atoms with Crippen molar-refractivity contribution >= 4 is 34.1 Å². The van der Waals surface area contributed by atoms with E-state index in [0.29, 0.717) is 36.2 Å². The summed E-state index contributed by atoms with van der Waals surface area (Å²) in [5.74, 6) is 1.72. The molecular formula is C21H19N7O. The molecule has 0 aliphatic carbocycles. The van der Waals surface area contributed by atoms with Gasteiger partial charge in [0.15, 0.2) is 5.82 Å². The van der Waals surface area contributed by atoms with Crippen LogP contribution in [-0.2, 0) is 0 Å². The fourth-order valence-electron chi connectivity index (χ4n) is 2.81. The van der Waals surface area contributed by atoms with E-state index in [-0.39, 0.29) is 5.91 Å². The number of carbonyl (C=O) groups is 1. The van der Waals surface area contributed by atoms with Gasteiger partial charge in [-0.05, 0) is 35.7 Å². The number of anilines is 3. The van der Waals surface area contributed by atoms with Crippen LogP contribution in [0.4, 0.5) is 17.5 Å². The molecule has 0 aliphatic heterocycles. The molecule has 1 amide bonds. The minimum Gasteiger partial charge on any atom is -0.367 e. The van der Waals surface area contributed by atoms with Crippen molar-refractivity contribution in [2.75, 3.05) is 23.7 Å². The molecule has 0 spiro atoms. The first-order valence-electron chi connectivity index (χ1n) is 9.17. The quantitative estimate of drug-likeness (QED) is 0.420. The number of rotatable bonds is 7. The molecule has 144 valence electrons. The maximum Gasteiger partial charge on any atom is 0.270 e. The molecule has 0 bridgehead atoms. The molecule has 0 saturated carbocycles. The Balaban J connectivity index is 1.27. The van der Waals surface area contributed by atoms with E-state index in [1.165, 1.54) is 0 Å². The lowest BCUT2D eigenvalue weighted by molar-refractivity contribution is 0.0952. The van der Waals surface area contributed by atoms with Gasteiger partial charge in [0.2, 0.25) is 0 Å².